The molecule has 1 fully saturated rings. The molecule has 0 saturated carbocycles. The average Bonchev–Trinajstić information content (AvgIpc) is 2.91. The van der Waals surface area contributed by atoms with Crippen LogP contribution in [-0.4, -0.2) is 42.4 Å². The summed E-state index contributed by atoms with van der Waals surface area (Å²) < 4.78 is 0. The van der Waals surface area contributed by atoms with E-state index in [1.807, 2.05) is 11.8 Å². The van der Waals surface area contributed by atoms with Gasteiger partial charge in [-0.2, -0.15) is 0 Å². The molecular formula is C16H23N3O2S. The van der Waals surface area contributed by atoms with Crippen molar-refractivity contribution < 1.29 is 9.59 Å². The smallest absolute Gasteiger partial charge is 0.245 e. The highest BCUT2D eigenvalue weighted by Crippen LogP contribution is 2.24. The van der Waals surface area contributed by atoms with E-state index in [9.17, 15) is 9.59 Å². The quantitative estimate of drug-likeness (QED) is 0.855. The Bertz CT molecular complexity index is 553. The normalized spacial score (nSPS) is 19.2. The Kier molecular flexibility index (Phi) is 4.78. The third-order valence-corrected chi connectivity index (χ3v) is 5.49. The number of amides is 2. The highest BCUT2D eigenvalue weighted by Gasteiger charge is 2.31. The number of rotatable bonds is 5. The summed E-state index contributed by atoms with van der Waals surface area (Å²) in [6, 6.07) is 1.73. The summed E-state index contributed by atoms with van der Waals surface area (Å²) >= 11 is 1.77. The van der Waals surface area contributed by atoms with Crippen LogP contribution < -0.4 is 10.6 Å². The molecule has 2 aliphatic rings. The number of carbonyl (C=O) groups is 2. The summed E-state index contributed by atoms with van der Waals surface area (Å²) in [5.41, 5.74) is 1.26. The van der Waals surface area contributed by atoms with E-state index in [4.69, 9.17) is 0 Å². The first-order valence-corrected chi connectivity index (χ1v) is 8.92. The van der Waals surface area contributed by atoms with Crippen LogP contribution in [0.25, 0.3) is 0 Å². The van der Waals surface area contributed by atoms with Gasteiger partial charge in [0.25, 0.3) is 0 Å². The third-order valence-electron chi connectivity index (χ3n) is 4.46. The molecule has 0 spiro atoms. The lowest BCUT2D eigenvalue weighted by Crippen LogP contribution is -2.56. The van der Waals surface area contributed by atoms with Crippen molar-refractivity contribution in [2.45, 2.75) is 38.8 Å². The van der Waals surface area contributed by atoms with Gasteiger partial charge in [0, 0.05) is 31.1 Å². The zero-order valence-electron chi connectivity index (χ0n) is 12.9. The Morgan fingerprint density at radius 1 is 1.50 bits per heavy atom. The molecule has 3 heterocycles. The molecule has 120 valence electrons. The predicted octanol–water partition coefficient (Wildman–Crippen LogP) is 1.14. The molecule has 5 nitrogen and oxygen atoms in total. The SMILES string of the molecule is CCCC(NC(=O)C1CNC1)C(=O)N1CCc2sccc2C1. The number of nitrogens with zero attached hydrogens (tertiary/aromatic N) is 1. The molecule has 0 aromatic carbocycles. The summed E-state index contributed by atoms with van der Waals surface area (Å²) in [7, 11) is 0. The van der Waals surface area contributed by atoms with Crippen LogP contribution in [-0.2, 0) is 22.6 Å². The monoisotopic (exact) mass is 321 g/mol. The minimum atomic E-state index is -0.377. The molecule has 3 rings (SSSR count). The fourth-order valence-corrected chi connectivity index (χ4v) is 3.86. The fraction of sp³-hybridized carbons (Fsp3) is 0.625. The lowest BCUT2D eigenvalue weighted by molar-refractivity contribution is -0.138. The van der Waals surface area contributed by atoms with E-state index in [1.165, 1.54) is 10.4 Å². The van der Waals surface area contributed by atoms with Gasteiger partial charge in [-0.1, -0.05) is 13.3 Å². The molecule has 1 aromatic rings. The molecule has 2 N–H and O–H groups in total. The van der Waals surface area contributed by atoms with E-state index in [-0.39, 0.29) is 23.8 Å². The van der Waals surface area contributed by atoms with Crippen molar-refractivity contribution in [3.05, 3.63) is 21.9 Å². The summed E-state index contributed by atoms with van der Waals surface area (Å²) in [4.78, 5) is 28.2. The maximum atomic E-state index is 12.8. The van der Waals surface area contributed by atoms with Crippen LogP contribution in [0.1, 0.15) is 30.2 Å². The van der Waals surface area contributed by atoms with Crippen LogP contribution in [0.3, 0.4) is 0 Å². The van der Waals surface area contributed by atoms with E-state index in [0.29, 0.717) is 13.0 Å². The van der Waals surface area contributed by atoms with E-state index in [0.717, 1.165) is 32.5 Å². The molecule has 1 saturated heterocycles. The lowest BCUT2D eigenvalue weighted by Gasteiger charge is -2.32. The molecule has 0 aliphatic carbocycles. The van der Waals surface area contributed by atoms with Crippen molar-refractivity contribution in [2.75, 3.05) is 19.6 Å². The Balaban J connectivity index is 1.63. The minimum Gasteiger partial charge on any atom is -0.344 e. The highest BCUT2D eigenvalue weighted by molar-refractivity contribution is 7.10. The molecule has 1 atom stereocenters. The molecule has 2 amide bonds. The van der Waals surface area contributed by atoms with Gasteiger partial charge < -0.3 is 15.5 Å². The molecule has 1 aromatic heterocycles. The highest BCUT2D eigenvalue weighted by atomic mass is 32.1. The molecule has 1 unspecified atom stereocenters. The number of hydrogen-bond acceptors (Lipinski definition) is 4. The van der Waals surface area contributed by atoms with Crippen molar-refractivity contribution in [3.63, 3.8) is 0 Å². The van der Waals surface area contributed by atoms with Crippen molar-refractivity contribution in [1.29, 1.82) is 0 Å². The van der Waals surface area contributed by atoms with E-state index < -0.39 is 0 Å². The topological polar surface area (TPSA) is 61.4 Å². The second kappa shape index (κ2) is 6.79. The second-order valence-electron chi connectivity index (χ2n) is 6.08. The number of fused-ring (bicyclic) bond motifs is 1. The average molecular weight is 321 g/mol. The van der Waals surface area contributed by atoms with Gasteiger partial charge in [-0.05, 0) is 29.9 Å². The van der Waals surface area contributed by atoms with Crippen molar-refractivity contribution in [1.82, 2.24) is 15.5 Å². The molecular weight excluding hydrogens is 298 g/mol. The summed E-state index contributed by atoms with van der Waals surface area (Å²) in [5.74, 6) is 0.107. The van der Waals surface area contributed by atoms with Gasteiger partial charge in [0.15, 0.2) is 0 Å². The third kappa shape index (κ3) is 3.17. The summed E-state index contributed by atoms with van der Waals surface area (Å²) in [6.07, 6.45) is 2.52. The molecule has 2 aliphatic heterocycles. The van der Waals surface area contributed by atoms with Crippen molar-refractivity contribution >= 4 is 23.2 Å². The van der Waals surface area contributed by atoms with Gasteiger partial charge in [-0.25, -0.2) is 0 Å². The second-order valence-corrected chi connectivity index (χ2v) is 7.08. The van der Waals surface area contributed by atoms with Crippen LogP contribution >= 0.6 is 11.3 Å². The molecule has 0 bridgehead atoms. The first-order chi connectivity index (χ1) is 10.7. The van der Waals surface area contributed by atoms with Gasteiger partial charge in [0.2, 0.25) is 11.8 Å². The summed E-state index contributed by atoms with van der Waals surface area (Å²) in [6.45, 7) is 4.93. The maximum Gasteiger partial charge on any atom is 0.245 e. The lowest BCUT2D eigenvalue weighted by atomic mass is 10.0. The molecule has 6 heteroatoms. The largest absolute Gasteiger partial charge is 0.344 e. The Hall–Kier alpha value is -1.40. The Labute approximate surface area is 135 Å². The molecule has 22 heavy (non-hydrogen) atoms. The predicted molar refractivity (Wildman–Crippen MR) is 86.6 cm³/mol. The number of thiophene rings is 1. The van der Waals surface area contributed by atoms with Gasteiger partial charge in [0.05, 0.1) is 5.92 Å². The van der Waals surface area contributed by atoms with Crippen molar-refractivity contribution in [2.24, 2.45) is 5.92 Å². The van der Waals surface area contributed by atoms with Crippen LogP contribution in [0.15, 0.2) is 11.4 Å². The minimum absolute atomic E-state index is 0.0128. The van der Waals surface area contributed by atoms with E-state index >= 15 is 0 Å². The van der Waals surface area contributed by atoms with Crippen molar-refractivity contribution in [3.8, 4) is 0 Å². The standard InChI is InChI=1S/C16H23N3O2S/c1-2-3-13(18-15(20)12-8-17-9-12)16(21)19-6-4-14-11(10-19)5-7-22-14/h5,7,12-13,17H,2-4,6,8-10H2,1H3,(H,18,20). The van der Waals surface area contributed by atoms with E-state index in [1.54, 1.807) is 11.3 Å². The van der Waals surface area contributed by atoms with Crippen LogP contribution in [0.4, 0.5) is 0 Å². The van der Waals surface area contributed by atoms with Gasteiger partial charge in [0.1, 0.15) is 6.04 Å². The molecule has 0 radical (unpaired) electrons. The Morgan fingerprint density at radius 2 is 2.32 bits per heavy atom. The first-order valence-electron chi connectivity index (χ1n) is 8.04. The maximum absolute atomic E-state index is 12.8. The summed E-state index contributed by atoms with van der Waals surface area (Å²) in [5, 5.41) is 8.15. The number of carbonyl (C=O) groups excluding carboxylic acids is 2. The first kappa shape index (κ1) is 15.5. The fourth-order valence-electron chi connectivity index (χ4n) is 2.97. The van der Waals surface area contributed by atoms with Crippen LogP contribution in [0.5, 0.6) is 0 Å². The van der Waals surface area contributed by atoms with Gasteiger partial charge in [-0.15, -0.1) is 11.3 Å². The van der Waals surface area contributed by atoms with Gasteiger partial charge in [-0.3, -0.25) is 9.59 Å². The Morgan fingerprint density at radius 3 is 3.00 bits per heavy atom. The van der Waals surface area contributed by atoms with Gasteiger partial charge >= 0.3 is 0 Å². The van der Waals surface area contributed by atoms with E-state index in [2.05, 4.69) is 22.1 Å². The zero-order chi connectivity index (χ0) is 15.5. The van der Waals surface area contributed by atoms with Crippen LogP contribution in [0.2, 0.25) is 0 Å². The number of hydrogen-bond donors (Lipinski definition) is 2. The van der Waals surface area contributed by atoms with Crippen LogP contribution in [0, 0.1) is 5.92 Å². The number of nitrogens with one attached hydrogen (secondary N) is 2. The zero-order valence-corrected chi connectivity index (χ0v) is 13.7.